The predicted octanol–water partition coefficient (Wildman–Crippen LogP) is 1.85. The fourth-order valence-corrected chi connectivity index (χ4v) is 1.35. The summed E-state index contributed by atoms with van der Waals surface area (Å²) in [5, 5.41) is 18.8. The first-order valence-corrected chi connectivity index (χ1v) is 4.51. The number of nitrogens with zero attached hydrogens (tertiary/aromatic N) is 2. The number of nitro groups is 1. The molecule has 0 bridgehead atoms. The lowest BCUT2D eigenvalue weighted by molar-refractivity contribution is -0.390. The molecule has 7 heteroatoms. The van der Waals surface area contributed by atoms with Gasteiger partial charge in [-0.2, -0.15) is 0 Å². The van der Waals surface area contributed by atoms with Crippen molar-refractivity contribution in [1.29, 1.82) is 0 Å². The number of carbonyl (C=O) groups is 1. The largest absolute Gasteiger partial charge is 0.478 e. The summed E-state index contributed by atoms with van der Waals surface area (Å²) in [6.45, 7) is 0. The van der Waals surface area contributed by atoms with E-state index in [2.05, 4.69) is 20.9 Å². The van der Waals surface area contributed by atoms with Crippen molar-refractivity contribution in [3.05, 3.63) is 38.5 Å². The summed E-state index contributed by atoms with van der Waals surface area (Å²) in [5.41, 5.74) is 0.467. The third-order valence-electron chi connectivity index (χ3n) is 1.43. The Morgan fingerprint density at radius 2 is 2.33 bits per heavy atom. The van der Waals surface area contributed by atoms with E-state index in [1.54, 1.807) is 0 Å². The molecule has 0 atom stereocenters. The molecule has 1 N–H and O–H groups in total. The fourth-order valence-electron chi connectivity index (χ4n) is 0.838. The highest BCUT2D eigenvalue weighted by Crippen LogP contribution is 2.22. The molecule has 0 aliphatic heterocycles. The van der Waals surface area contributed by atoms with Gasteiger partial charge in [0.05, 0.1) is 0 Å². The zero-order valence-corrected chi connectivity index (χ0v) is 8.84. The molecule has 78 valence electrons. The van der Waals surface area contributed by atoms with Crippen LogP contribution in [0.15, 0.2) is 22.8 Å². The maximum absolute atomic E-state index is 10.4. The van der Waals surface area contributed by atoms with E-state index >= 15 is 0 Å². The van der Waals surface area contributed by atoms with Crippen molar-refractivity contribution < 1.29 is 14.8 Å². The number of rotatable bonds is 3. The van der Waals surface area contributed by atoms with Gasteiger partial charge < -0.3 is 15.2 Å². The fraction of sp³-hybridized carbons (Fsp3) is 0. The monoisotopic (exact) mass is 272 g/mol. The second-order valence-electron chi connectivity index (χ2n) is 2.50. The third kappa shape index (κ3) is 3.13. The van der Waals surface area contributed by atoms with Gasteiger partial charge in [0.15, 0.2) is 0 Å². The Balaban J connectivity index is 3.01. The summed E-state index contributed by atoms with van der Waals surface area (Å²) in [5.74, 6) is -1.40. The van der Waals surface area contributed by atoms with Gasteiger partial charge in [0.1, 0.15) is 10.7 Å². The first-order valence-electron chi connectivity index (χ1n) is 3.71. The second-order valence-corrected chi connectivity index (χ2v) is 3.36. The van der Waals surface area contributed by atoms with E-state index in [1.807, 2.05) is 0 Å². The summed E-state index contributed by atoms with van der Waals surface area (Å²) >= 11 is 2.97. The normalized spacial score (nSPS) is 10.5. The van der Waals surface area contributed by atoms with Crippen molar-refractivity contribution in [2.45, 2.75) is 0 Å². The quantitative estimate of drug-likeness (QED) is 0.515. The number of aromatic nitrogens is 1. The maximum Gasteiger partial charge on any atom is 0.377 e. The summed E-state index contributed by atoms with van der Waals surface area (Å²) in [6.07, 6.45) is 3.45. The number of carboxylic acids is 1. The van der Waals surface area contributed by atoms with Crippen LogP contribution in [0.4, 0.5) is 5.82 Å². The van der Waals surface area contributed by atoms with Crippen LogP contribution < -0.4 is 0 Å². The van der Waals surface area contributed by atoms with Gasteiger partial charge in [0.25, 0.3) is 0 Å². The van der Waals surface area contributed by atoms with Crippen LogP contribution in [0.1, 0.15) is 5.56 Å². The van der Waals surface area contributed by atoms with E-state index < -0.39 is 10.9 Å². The summed E-state index contributed by atoms with van der Waals surface area (Å²) < 4.78 is 0.208. The van der Waals surface area contributed by atoms with Crippen LogP contribution in [-0.2, 0) is 4.79 Å². The Morgan fingerprint density at radius 1 is 1.67 bits per heavy atom. The first kappa shape index (κ1) is 11.3. The average Bonchev–Trinajstić information content (AvgIpc) is 2.14. The molecule has 0 unspecified atom stereocenters. The Hall–Kier alpha value is -1.76. The molecule has 0 saturated heterocycles. The van der Waals surface area contributed by atoms with Gasteiger partial charge in [0.2, 0.25) is 0 Å². The summed E-state index contributed by atoms with van der Waals surface area (Å²) in [6, 6.07) is 1.42. The van der Waals surface area contributed by atoms with Gasteiger partial charge >= 0.3 is 11.8 Å². The standard InChI is InChI=1S/C8H5BrN2O4/c9-6-3-5(1-2-7(12)13)4-10-8(6)11(14)15/h1-4H,(H,12,13)/b2-1+. The van der Waals surface area contributed by atoms with Crippen LogP contribution in [0.3, 0.4) is 0 Å². The van der Waals surface area contributed by atoms with Gasteiger partial charge in [-0.05, 0) is 38.0 Å². The molecule has 1 rings (SSSR count). The molecule has 1 aromatic heterocycles. The molecule has 0 spiro atoms. The lowest BCUT2D eigenvalue weighted by Gasteiger charge is -1.95. The second kappa shape index (κ2) is 4.65. The van der Waals surface area contributed by atoms with E-state index in [4.69, 9.17) is 5.11 Å². The Labute approximate surface area is 92.5 Å². The molecular weight excluding hydrogens is 268 g/mol. The van der Waals surface area contributed by atoms with Crippen LogP contribution in [0.25, 0.3) is 6.08 Å². The number of hydrogen-bond donors (Lipinski definition) is 1. The summed E-state index contributed by atoms with van der Waals surface area (Å²) in [7, 11) is 0. The van der Waals surface area contributed by atoms with Gasteiger partial charge in [-0.1, -0.05) is 0 Å². The minimum Gasteiger partial charge on any atom is -0.478 e. The minimum atomic E-state index is -1.09. The predicted molar refractivity (Wildman–Crippen MR) is 55.3 cm³/mol. The van der Waals surface area contributed by atoms with Crippen molar-refractivity contribution in [3.63, 3.8) is 0 Å². The van der Waals surface area contributed by atoms with Gasteiger partial charge in [-0.15, -0.1) is 0 Å². The van der Waals surface area contributed by atoms with Gasteiger partial charge in [-0.25, -0.2) is 4.79 Å². The van der Waals surface area contributed by atoms with Crippen molar-refractivity contribution >= 4 is 33.8 Å². The van der Waals surface area contributed by atoms with Crippen molar-refractivity contribution in [2.24, 2.45) is 0 Å². The topological polar surface area (TPSA) is 93.3 Å². The van der Waals surface area contributed by atoms with Crippen molar-refractivity contribution in [3.8, 4) is 0 Å². The molecule has 0 aliphatic rings. The number of aliphatic carboxylic acids is 1. The van der Waals surface area contributed by atoms with Crippen molar-refractivity contribution in [1.82, 2.24) is 4.98 Å². The van der Waals surface area contributed by atoms with Crippen LogP contribution >= 0.6 is 15.9 Å². The third-order valence-corrected chi connectivity index (χ3v) is 2.02. The van der Waals surface area contributed by atoms with E-state index in [0.717, 1.165) is 6.08 Å². The summed E-state index contributed by atoms with van der Waals surface area (Å²) in [4.78, 5) is 23.5. The molecule has 0 aromatic carbocycles. The highest BCUT2D eigenvalue weighted by atomic mass is 79.9. The number of carboxylic acid groups (broad SMARTS) is 1. The molecule has 15 heavy (non-hydrogen) atoms. The Kier molecular flexibility index (Phi) is 3.51. The van der Waals surface area contributed by atoms with Crippen LogP contribution in [0, 0.1) is 10.1 Å². The first-order chi connectivity index (χ1) is 7.00. The molecule has 0 fully saturated rings. The molecule has 6 nitrogen and oxygen atoms in total. The van der Waals surface area contributed by atoms with Gasteiger partial charge in [-0.3, -0.25) is 0 Å². The average molecular weight is 273 g/mol. The van der Waals surface area contributed by atoms with E-state index in [9.17, 15) is 14.9 Å². The van der Waals surface area contributed by atoms with Crippen LogP contribution in [-0.4, -0.2) is 21.0 Å². The molecule has 0 amide bonds. The zero-order valence-electron chi connectivity index (χ0n) is 7.25. The lowest BCUT2D eigenvalue weighted by Crippen LogP contribution is -1.93. The van der Waals surface area contributed by atoms with E-state index in [-0.39, 0.29) is 10.3 Å². The molecule has 0 saturated carbocycles. The number of hydrogen-bond acceptors (Lipinski definition) is 4. The smallest absolute Gasteiger partial charge is 0.377 e. The lowest BCUT2D eigenvalue weighted by atomic mass is 10.2. The van der Waals surface area contributed by atoms with E-state index in [0.29, 0.717) is 5.56 Å². The molecule has 1 aromatic rings. The Bertz CT molecular complexity index is 444. The highest BCUT2D eigenvalue weighted by molar-refractivity contribution is 9.10. The molecule has 1 heterocycles. The molecule has 0 aliphatic carbocycles. The SMILES string of the molecule is O=C(O)/C=C/c1cnc([N+](=O)[O-])c(Br)c1. The highest BCUT2D eigenvalue weighted by Gasteiger charge is 2.12. The zero-order chi connectivity index (χ0) is 11.4. The van der Waals surface area contributed by atoms with Crippen LogP contribution in [0.2, 0.25) is 0 Å². The van der Waals surface area contributed by atoms with E-state index in [1.165, 1.54) is 18.3 Å². The maximum atomic E-state index is 10.4. The van der Waals surface area contributed by atoms with Crippen molar-refractivity contribution in [2.75, 3.05) is 0 Å². The Morgan fingerprint density at radius 3 is 2.80 bits per heavy atom. The number of halogens is 1. The molecule has 0 radical (unpaired) electrons. The molecular formula is C8H5BrN2O4. The van der Waals surface area contributed by atoms with Crippen LogP contribution in [0.5, 0.6) is 0 Å². The minimum absolute atomic E-state index is 0.208. The van der Waals surface area contributed by atoms with Gasteiger partial charge in [0, 0.05) is 11.6 Å². The number of pyridine rings is 1.